The van der Waals surface area contributed by atoms with E-state index in [1.165, 1.54) is 24.3 Å². The molecule has 3 nitrogen and oxygen atoms in total. The average Bonchev–Trinajstić information content (AvgIpc) is 2.46. The van der Waals surface area contributed by atoms with Gasteiger partial charge in [-0.05, 0) is 24.6 Å². The van der Waals surface area contributed by atoms with Crippen molar-refractivity contribution in [3.05, 3.63) is 65.2 Å². The van der Waals surface area contributed by atoms with Crippen molar-refractivity contribution in [3.8, 4) is 0 Å². The summed E-state index contributed by atoms with van der Waals surface area (Å²) in [5.74, 6) is -1.07. The molecule has 1 atom stereocenters. The zero-order chi connectivity index (χ0) is 15.4. The third-order valence-corrected chi connectivity index (χ3v) is 3.13. The second-order valence-electron chi connectivity index (χ2n) is 4.75. The van der Waals surface area contributed by atoms with E-state index in [-0.39, 0.29) is 5.56 Å². The number of hydrogen-bond acceptors (Lipinski definition) is 2. The van der Waals surface area contributed by atoms with Crippen molar-refractivity contribution >= 4 is 11.7 Å². The molecule has 0 spiro atoms. The van der Waals surface area contributed by atoms with Gasteiger partial charge in [0.1, 0.15) is 0 Å². The van der Waals surface area contributed by atoms with Crippen LogP contribution in [0, 0.1) is 6.92 Å². The van der Waals surface area contributed by atoms with E-state index >= 15 is 0 Å². The lowest BCUT2D eigenvalue weighted by atomic mass is 10.0. The normalized spacial score (nSPS) is 12.2. The summed E-state index contributed by atoms with van der Waals surface area (Å²) < 4.78 is 25.0. The number of carbonyl (C=O) groups is 1. The molecule has 0 radical (unpaired) electrons. The molecule has 2 aromatic rings. The molecule has 110 valence electrons. The van der Waals surface area contributed by atoms with Crippen LogP contribution in [0.3, 0.4) is 0 Å². The fourth-order valence-corrected chi connectivity index (χ4v) is 1.94. The van der Waals surface area contributed by atoms with E-state index < -0.39 is 18.4 Å². The minimum Gasteiger partial charge on any atom is -0.479 e. The first-order chi connectivity index (χ1) is 9.97. The monoisotopic (exact) mass is 291 g/mol. The Morgan fingerprint density at radius 2 is 1.52 bits per heavy atom. The smallest absolute Gasteiger partial charge is 0.330 e. The number of carboxylic acid groups (broad SMARTS) is 1. The number of aliphatic carboxylic acids is 1. The molecule has 1 unspecified atom stereocenters. The van der Waals surface area contributed by atoms with Gasteiger partial charge < -0.3 is 10.4 Å². The third kappa shape index (κ3) is 3.78. The molecule has 0 bridgehead atoms. The van der Waals surface area contributed by atoms with E-state index in [4.69, 9.17) is 0 Å². The Labute approximate surface area is 121 Å². The first-order valence-corrected chi connectivity index (χ1v) is 6.41. The molecule has 2 aromatic carbocycles. The van der Waals surface area contributed by atoms with E-state index in [2.05, 4.69) is 5.32 Å². The molecule has 0 aliphatic carbocycles. The predicted octanol–water partition coefficient (Wildman–Crippen LogP) is 4.17. The maximum absolute atomic E-state index is 12.5. The molecule has 0 saturated carbocycles. The van der Waals surface area contributed by atoms with Gasteiger partial charge in [-0.1, -0.05) is 42.0 Å². The molecule has 0 fully saturated rings. The predicted molar refractivity (Wildman–Crippen MR) is 76.6 cm³/mol. The van der Waals surface area contributed by atoms with Gasteiger partial charge in [0.05, 0.1) is 0 Å². The van der Waals surface area contributed by atoms with Gasteiger partial charge in [0, 0.05) is 11.3 Å². The molecule has 0 aliphatic heterocycles. The van der Waals surface area contributed by atoms with Gasteiger partial charge in [-0.15, -0.1) is 0 Å². The van der Waals surface area contributed by atoms with Crippen LogP contribution in [0.2, 0.25) is 0 Å². The molecular weight excluding hydrogens is 276 g/mol. The molecule has 21 heavy (non-hydrogen) atoms. The van der Waals surface area contributed by atoms with E-state index in [0.717, 1.165) is 5.56 Å². The van der Waals surface area contributed by atoms with E-state index in [9.17, 15) is 18.7 Å². The van der Waals surface area contributed by atoms with E-state index in [1.54, 1.807) is 12.1 Å². The standard InChI is InChI=1S/C16H15F2NO2/c1-10-2-8-13(9-3-10)19-14(16(20)21)11-4-6-12(7-5-11)15(17)18/h2-9,14-15,19H,1H3,(H,20,21). The summed E-state index contributed by atoms with van der Waals surface area (Å²) in [6.07, 6.45) is -2.56. The number of anilines is 1. The molecule has 0 heterocycles. The van der Waals surface area contributed by atoms with Crippen molar-refractivity contribution in [2.45, 2.75) is 19.4 Å². The van der Waals surface area contributed by atoms with Crippen LogP contribution in [0.15, 0.2) is 48.5 Å². The molecular formula is C16H15F2NO2. The third-order valence-electron chi connectivity index (χ3n) is 3.13. The number of aryl methyl sites for hydroxylation is 1. The molecule has 0 amide bonds. The van der Waals surface area contributed by atoms with Gasteiger partial charge in [0.25, 0.3) is 6.43 Å². The van der Waals surface area contributed by atoms with E-state index in [0.29, 0.717) is 11.3 Å². The Bertz CT molecular complexity index is 609. The van der Waals surface area contributed by atoms with Gasteiger partial charge in [-0.3, -0.25) is 0 Å². The Hall–Kier alpha value is -2.43. The number of halogens is 2. The highest BCUT2D eigenvalue weighted by atomic mass is 19.3. The molecule has 0 saturated heterocycles. The molecule has 2 N–H and O–H groups in total. The topological polar surface area (TPSA) is 49.3 Å². The highest BCUT2D eigenvalue weighted by Crippen LogP contribution is 2.24. The Kier molecular flexibility index (Phi) is 4.52. The van der Waals surface area contributed by atoms with Crippen molar-refractivity contribution in [2.75, 3.05) is 5.32 Å². The highest BCUT2D eigenvalue weighted by Gasteiger charge is 2.20. The number of hydrogen-bond donors (Lipinski definition) is 2. The molecule has 5 heteroatoms. The number of alkyl halides is 2. The van der Waals surface area contributed by atoms with Crippen LogP contribution in [-0.2, 0) is 4.79 Å². The fourth-order valence-electron chi connectivity index (χ4n) is 1.94. The van der Waals surface area contributed by atoms with Gasteiger partial charge in [-0.25, -0.2) is 13.6 Å². The number of rotatable bonds is 5. The summed E-state index contributed by atoms with van der Waals surface area (Å²) in [7, 11) is 0. The number of carboxylic acids is 1. The summed E-state index contributed by atoms with van der Waals surface area (Å²) in [6, 6.07) is 11.6. The van der Waals surface area contributed by atoms with Crippen molar-refractivity contribution in [3.63, 3.8) is 0 Å². The van der Waals surface area contributed by atoms with Crippen LogP contribution in [0.1, 0.15) is 29.2 Å². The summed E-state index contributed by atoms with van der Waals surface area (Å²) in [4.78, 5) is 11.4. The first kappa shape index (κ1) is 15.0. The second-order valence-corrected chi connectivity index (χ2v) is 4.75. The van der Waals surface area contributed by atoms with Crippen molar-refractivity contribution in [1.82, 2.24) is 0 Å². The highest BCUT2D eigenvalue weighted by molar-refractivity contribution is 5.79. The van der Waals surface area contributed by atoms with Crippen LogP contribution < -0.4 is 5.32 Å². The summed E-state index contributed by atoms with van der Waals surface area (Å²) in [5.41, 5.74) is 2.02. The van der Waals surface area contributed by atoms with Crippen molar-refractivity contribution in [1.29, 1.82) is 0 Å². The van der Waals surface area contributed by atoms with Crippen LogP contribution in [-0.4, -0.2) is 11.1 Å². The quantitative estimate of drug-likeness (QED) is 0.869. The SMILES string of the molecule is Cc1ccc(NC(C(=O)O)c2ccc(C(F)F)cc2)cc1. The zero-order valence-electron chi connectivity index (χ0n) is 11.4. The number of nitrogens with one attached hydrogen (secondary N) is 1. The minimum absolute atomic E-state index is 0.127. The average molecular weight is 291 g/mol. The lowest BCUT2D eigenvalue weighted by Crippen LogP contribution is -2.20. The maximum atomic E-state index is 12.5. The molecule has 0 aliphatic rings. The summed E-state index contributed by atoms with van der Waals surface area (Å²) >= 11 is 0. The van der Waals surface area contributed by atoms with Crippen molar-refractivity contribution in [2.24, 2.45) is 0 Å². The van der Waals surface area contributed by atoms with Crippen LogP contribution in [0.5, 0.6) is 0 Å². The van der Waals surface area contributed by atoms with Gasteiger partial charge >= 0.3 is 5.97 Å². The van der Waals surface area contributed by atoms with Crippen LogP contribution in [0.25, 0.3) is 0 Å². The first-order valence-electron chi connectivity index (χ1n) is 6.41. The van der Waals surface area contributed by atoms with Crippen LogP contribution >= 0.6 is 0 Å². The Balaban J connectivity index is 2.22. The van der Waals surface area contributed by atoms with Gasteiger partial charge in [-0.2, -0.15) is 0 Å². The molecule has 0 aromatic heterocycles. The Morgan fingerprint density at radius 1 is 1.00 bits per heavy atom. The summed E-state index contributed by atoms with van der Waals surface area (Å²) in [6.45, 7) is 1.93. The largest absolute Gasteiger partial charge is 0.479 e. The summed E-state index contributed by atoms with van der Waals surface area (Å²) in [5, 5.41) is 12.2. The van der Waals surface area contributed by atoms with Crippen molar-refractivity contribution < 1.29 is 18.7 Å². The maximum Gasteiger partial charge on any atom is 0.330 e. The molecule has 2 rings (SSSR count). The lowest BCUT2D eigenvalue weighted by molar-refractivity contribution is -0.138. The second kappa shape index (κ2) is 6.35. The Morgan fingerprint density at radius 3 is 2.00 bits per heavy atom. The minimum atomic E-state index is -2.56. The fraction of sp³-hybridized carbons (Fsp3) is 0.188. The number of benzene rings is 2. The van der Waals surface area contributed by atoms with Gasteiger partial charge in [0.2, 0.25) is 0 Å². The zero-order valence-corrected chi connectivity index (χ0v) is 11.4. The van der Waals surface area contributed by atoms with Crippen LogP contribution in [0.4, 0.5) is 14.5 Å². The van der Waals surface area contributed by atoms with E-state index in [1.807, 2.05) is 19.1 Å². The van der Waals surface area contributed by atoms with Gasteiger partial charge in [0.15, 0.2) is 6.04 Å². The lowest BCUT2D eigenvalue weighted by Gasteiger charge is -2.16.